The van der Waals surface area contributed by atoms with Crippen LogP contribution in [0.4, 0.5) is 0 Å². The molecule has 5 nitrogen and oxygen atoms in total. The summed E-state index contributed by atoms with van der Waals surface area (Å²) in [6.45, 7) is 14.1. The summed E-state index contributed by atoms with van der Waals surface area (Å²) in [5, 5.41) is 6.75. The number of rotatable bonds is 11. The quantitative estimate of drug-likeness (QED) is 0.211. The summed E-state index contributed by atoms with van der Waals surface area (Å²) in [5.74, 6) is 2.44. The molecule has 1 saturated heterocycles. The second kappa shape index (κ2) is 16.1. The molecule has 25 heavy (non-hydrogen) atoms. The number of hydrogen-bond donors (Lipinski definition) is 2. The SMILES string of the molecule is CN=C(NCCCCN1CCC(C)CC1)NCCCOCC(C)C.I. The van der Waals surface area contributed by atoms with Gasteiger partial charge in [-0.25, -0.2) is 0 Å². The van der Waals surface area contributed by atoms with Crippen LogP contribution >= 0.6 is 24.0 Å². The lowest BCUT2D eigenvalue weighted by atomic mass is 9.99. The van der Waals surface area contributed by atoms with Crippen molar-refractivity contribution in [1.82, 2.24) is 15.5 Å². The van der Waals surface area contributed by atoms with Crippen LogP contribution in [-0.4, -0.2) is 63.8 Å². The van der Waals surface area contributed by atoms with E-state index in [9.17, 15) is 0 Å². The smallest absolute Gasteiger partial charge is 0.190 e. The Labute approximate surface area is 172 Å². The van der Waals surface area contributed by atoms with E-state index < -0.39 is 0 Å². The molecule has 0 aromatic rings. The largest absolute Gasteiger partial charge is 0.381 e. The van der Waals surface area contributed by atoms with E-state index in [2.05, 4.69) is 41.3 Å². The molecule has 0 atom stereocenters. The molecule has 0 aliphatic carbocycles. The Kier molecular flexibility index (Phi) is 16.1. The molecule has 1 rings (SSSR count). The molecule has 0 spiro atoms. The van der Waals surface area contributed by atoms with Crippen LogP contribution < -0.4 is 10.6 Å². The summed E-state index contributed by atoms with van der Waals surface area (Å²) in [7, 11) is 1.83. The molecule has 0 amide bonds. The molecule has 6 heteroatoms. The predicted molar refractivity (Wildman–Crippen MR) is 119 cm³/mol. The van der Waals surface area contributed by atoms with E-state index in [1.165, 1.54) is 45.3 Å². The summed E-state index contributed by atoms with van der Waals surface area (Å²) in [4.78, 5) is 6.89. The third-order valence-corrected chi connectivity index (χ3v) is 4.50. The third-order valence-electron chi connectivity index (χ3n) is 4.50. The summed E-state index contributed by atoms with van der Waals surface area (Å²) >= 11 is 0. The highest BCUT2D eigenvalue weighted by Gasteiger charge is 2.14. The van der Waals surface area contributed by atoms with Crippen LogP contribution in [0.3, 0.4) is 0 Å². The van der Waals surface area contributed by atoms with Crippen molar-refractivity contribution in [2.45, 2.75) is 52.9 Å². The number of nitrogens with one attached hydrogen (secondary N) is 2. The summed E-state index contributed by atoms with van der Waals surface area (Å²) in [6.07, 6.45) is 6.22. The maximum absolute atomic E-state index is 5.58. The first kappa shape index (κ1) is 24.9. The molecular weight excluding hydrogens is 427 g/mol. The third kappa shape index (κ3) is 13.7. The number of unbranched alkanes of at least 4 members (excludes halogenated alkanes) is 1. The van der Waals surface area contributed by atoms with Crippen molar-refractivity contribution in [3.8, 4) is 0 Å². The number of guanidine groups is 1. The van der Waals surface area contributed by atoms with Crippen LogP contribution in [-0.2, 0) is 4.74 Å². The van der Waals surface area contributed by atoms with Gasteiger partial charge in [-0.1, -0.05) is 20.8 Å². The highest BCUT2D eigenvalue weighted by Crippen LogP contribution is 2.15. The summed E-state index contributed by atoms with van der Waals surface area (Å²) in [6, 6.07) is 0. The van der Waals surface area contributed by atoms with Gasteiger partial charge >= 0.3 is 0 Å². The lowest BCUT2D eigenvalue weighted by Crippen LogP contribution is -2.39. The number of halogens is 1. The van der Waals surface area contributed by atoms with Crippen LogP contribution in [0.5, 0.6) is 0 Å². The number of nitrogens with zero attached hydrogens (tertiary/aromatic N) is 2. The van der Waals surface area contributed by atoms with Gasteiger partial charge in [0, 0.05) is 33.4 Å². The van der Waals surface area contributed by atoms with Crippen LogP contribution in [0.1, 0.15) is 52.9 Å². The Morgan fingerprint density at radius 3 is 2.36 bits per heavy atom. The van der Waals surface area contributed by atoms with E-state index >= 15 is 0 Å². The van der Waals surface area contributed by atoms with Crippen LogP contribution in [0.25, 0.3) is 0 Å². The Morgan fingerprint density at radius 2 is 1.76 bits per heavy atom. The number of likely N-dealkylation sites (tertiary alicyclic amines) is 1. The minimum atomic E-state index is 0. The van der Waals surface area contributed by atoms with Crippen molar-refractivity contribution in [2.24, 2.45) is 16.8 Å². The van der Waals surface area contributed by atoms with Crippen LogP contribution in [0, 0.1) is 11.8 Å². The van der Waals surface area contributed by atoms with Crippen molar-refractivity contribution >= 4 is 29.9 Å². The molecule has 0 bridgehead atoms. The van der Waals surface area contributed by atoms with Gasteiger partial charge in [-0.2, -0.15) is 0 Å². The second-order valence-electron chi connectivity index (χ2n) is 7.48. The molecule has 150 valence electrons. The standard InChI is InChI=1S/C19H40N4O.HI/c1-17(2)16-24-15-7-11-22-19(20-4)21-10-5-6-12-23-13-8-18(3)9-14-23;/h17-18H,5-16H2,1-4H3,(H2,20,21,22);1H. The van der Waals surface area contributed by atoms with E-state index in [0.29, 0.717) is 5.92 Å². The molecule has 1 aliphatic heterocycles. The molecule has 1 heterocycles. The molecule has 0 saturated carbocycles. The summed E-state index contributed by atoms with van der Waals surface area (Å²) < 4.78 is 5.58. The van der Waals surface area contributed by atoms with Gasteiger partial charge < -0.3 is 20.3 Å². The fourth-order valence-electron chi connectivity index (χ4n) is 2.87. The first-order chi connectivity index (χ1) is 11.6. The van der Waals surface area contributed by atoms with Gasteiger partial charge in [-0.05, 0) is 63.6 Å². The highest BCUT2D eigenvalue weighted by molar-refractivity contribution is 14.0. The monoisotopic (exact) mass is 468 g/mol. The van der Waals surface area contributed by atoms with E-state index in [4.69, 9.17) is 4.74 Å². The predicted octanol–water partition coefficient (Wildman–Crippen LogP) is 3.34. The molecule has 0 aromatic carbocycles. The van der Waals surface area contributed by atoms with E-state index in [-0.39, 0.29) is 24.0 Å². The Balaban J connectivity index is 0.00000576. The second-order valence-corrected chi connectivity index (χ2v) is 7.48. The topological polar surface area (TPSA) is 48.9 Å². The maximum Gasteiger partial charge on any atom is 0.190 e. The van der Waals surface area contributed by atoms with E-state index in [0.717, 1.165) is 44.6 Å². The zero-order chi connectivity index (χ0) is 17.6. The Morgan fingerprint density at radius 1 is 1.12 bits per heavy atom. The first-order valence-corrected chi connectivity index (χ1v) is 9.86. The summed E-state index contributed by atoms with van der Waals surface area (Å²) in [5.41, 5.74) is 0. The Bertz CT molecular complexity index is 331. The molecule has 0 unspecified atom stereocenters. The zero-order valence-corrected chi connectivity index (χ0v) is 19.2. The van der Waals surface area contributed by atoms with Crippen molar-refractivity contribution in [1.29, 1.82) is 0 Å². The van der Waals surface area contributed by atoms with Gasteiger partial charge in [0.05, 0.1) is 0 Å². The van der Waals surface area contributed by atoms with Crippen LogP contribution in [0.15, 0.2) is 4.99 Å². The molecule has 0 aromatic heterocycles. The van der Waals surface area contributed by atoms with Gasteiger partial charge in [0.1, 0.15) is 0 Å². The van der Waals surface area contributed by atoms with Crippen LogP contribution in [0.2, 0.25) is 0 Å². The van der Waals surface area contributed by atoms with Gasteiger partial charge in [0.2, 0.25) is 0 Å². The van der Waals surface area contributed by atoms with Gasteiger partial charge in [0.25, 0.3) is 0 Å². The maximum atomic E-state index is 5.58. The average molecular weight is 468 g/mol. The molecular formula is C19H41IN4O. The zero-order valence-electron chi connectivity index (χ0n) is 16.9. The van der Waals surface area contributed by atoms with Crippen molar-refractivity contribution < 1.29 is 4.74 Å². The number of piperidine rings is 1. The normalized spacial score (nSPS) is 16.8. The minimum absolute atomic E-state index is 0. The van der Waals surface area contributed by atoms with Gasteiger partial charge in [-0.15, -0.1) is 24.0 Å². The van der Waals surface area contributed by atoms with Gasteiger partial charge in [-0.3, -0.25) is 4.99 Å². The Hall–Kier alpha value is -0.0800. The fraction of sp³-hybridized carbons (Fsp3) is 0.947. The number of ether oxygens (including phenoxy) is 1. The minimum Gasteiger partial charge on any atom is -0.381 e. The van der Waals surface area contributed by atoms with Crippen molar-refractivity contribution in [3.05, 3.63) is 0 Å². The fourth-order valence-corrected chi connectivity index (χ4v) is 2.87. The average Bonchev–Trinajstić information content (AvgIpc) is 2.57. The van der Waals surface area contributed by atoms with Crippen molar-refractivity contribution in [3.63, 3.8) is 0 Å². The molecule has 0 radical (unpaired) electrons. The number of hydrogen-bond acceptors (Lipinski definition) is 3. The van der Waals surface area contributed by atoms with E-state index in [1.807, 2.05) is 7.05 Å². The highest BCUT2D eigenvalue weighted by atomic mass is 127. The number of aliphatic imine (C=N–C) groups is 1. The first-order valence-electron chi connectivity index (χ1n) is 9.86. The van der Waals surface area contributed by atoms with Gasteiger partial charge in [0.15, 0.2) is 5.96 Å². The molecule has 2 N–H and O–H groups in total. The lowest BCUT2D eigenvalue weighted by molar-refractivity contribution is 0.108. The molecule has 1 aliphatic rings. The van der Waals surface area contributed by atoms with Crippen molar-refractivity contribution in [2.75, 3.05) is 53.0 Å². The van der Waals surface area contributed by atoms with E-state index in [1.54, 1.807) is 0 Å². The lowest BCUT2D eigenvalue weighted by Gasteiger charge is -2.30. The molecule has 1 fully saturated rings.